The summed E-state index contributed by atoms with van der Waals surface area (Å²) in [6, 6.07) is 2.71. The van der Waals surface area contributed by atoms with E-state index >= 15 is 0 Å². The zero-order valence-electron chi connectivity index (χ0n) is 13.7. The fraction of sp³-hybridized carbons (Fsp3) is 0.706. The molecular formula is C17H29N3. The smallest absolute Gasteiger partial charge is 0.133 e. The molecule has 0 radical (unpaired) electrons. The second-order valence-electron chi connectivity index (χ2n) is 7.14. The molecule has 0 amide bonds. The van der Waals surface area contributed by atoms with E-state index in [-0.39, 0.29) is 5.41 Å². The lowest BCUT2D eigenvalue weighted by molar-refractivity contribution is 0.328. The lowest BCUT2D eigenvalue weighted by Gasteiger charge is -2.37. The van der Waals surface area contributed by atoms with Crippen molar-refractivity contribution in [1.29, 1.82) is 0 Å². The van der Waals surface area contributed by atoms with Crippen LogP contribution in [-0.4, -0.2) is 18.1 Å². The third kappa shape index (κ3) is 2.98. The largest absolute Gasteiger partial charge is 0.356 e. The van der Waals surface area contributed by atoms with Crippen LogP contribution in [0.25, 0.3) is 0 Å². The number of nitrogens with two attached hydrogens (primary N) is 1. The summed E-state index contributed by atoms with van der Waals surface area (Å²) < 4.78 is 0. The summed E-state index contributed by atoms with van der Waals surface area (Å²) in [7, 11) is 2.15. The molecule has 1 atom stereocenters. The Morgan fingerprint density at radius 2 is 1.95 bits per heavy atom. The molecule has 112 valence electrons. The highest BCUT2D eigenvalue weighted by molar-refractivity contribution is 5.51. The van der Waals surface area contributed by atoms with Crippen LogP contribution in [-0.2, 0) is 19.4 Å². The van der Waals surface area contributed by atoms with E-state index < -0.39 is 0 Å². The predicted molar refractivity (Wildman–Crippen MR) is 86.1 cm³/mol. The molecular weight excluding hydrogens is 246 g/mol. The van der Waals surface area contributed by atoms with Gasteiger partial charge in [-0.25, -0.2) is 4.98 Å². The van der Waals surface area contributed by atoms with Crippen LogP contribution in [0.2, 0.25) is 0 Å². The van der Waals surface area contributed by atoms with Gasteiger partial charge in [0, 0.05) is 30.9 Å². The Labute approximate surface area is 123 Å². The molecule has 0 aromatic carbocycles. The highest BCUT2D eigenvalue weighted by Crippen LogP contribution is 2.31. The van der Waals surface area contributed by atoms with Crippen LogP contribution < -0.4 is 10.6 Å². The summed E-state index contributed by atoms with van der Waals surface area (Å²) in [6.45, 7) is 9.65. The highest BCUT2D eigenvalue weighted by atomic mass is 15.2. The third-order valence-corrected chi connectivity index (χ3v) is 4.75. The average Bonchev–Trinajstić information content (AvgIpc) is 2.43. The van der Waals surface area contributed by atoms with Gasteiger partial charge in [-0.05, 0) is 49.7 Å². The molecule has 1 heterocycles. The minimum Gasteiger partial charge on any atom is -0.356 e. The van der Waals surface area contributed by atoms with Crippen LogP contribution in [0, 0.1) is 5.41 Å². The van der Waals surface area contributed by atoms with Crippen molar-refractivity contribution in [2.24, 2.45) is 11.1 Å². The van der Waals surface area contributed by atoms with Crippen molar-refractivity contribution in [2.45, 2.75) is 66.0 Å². The van der Waals surface area contributed by atoms with Gasteiger partial charge in [-0.3, -0.25) is 0 Å². The van der Waals surface area contributed by atoms with E-state index in [2.05, 4.69) is 45.7 Å². The van der Waals surface area contributed by atoms with Crippen molar-refractivity contribution in [3.63, 3.8) is 0 Å². The maximum absolute atomic E-state index is 5.96. The molecule has 2 rings (SSSR count). The Morgan fingerprint density at radius 3 is 2.55 bits per heavy atom. The molecule has 2 N–H and O–H groups in total. The summed E-state index contributed by atoms with van der Waals surface area (Å²) in [4.78, 5) is 7.27. The highest BCUT2D eigenvalue weighted by Gasteiger charge is 2.27. The first-order chi connectivity index (χ1) is 9.34. The Morgan fingerprint density at radius 1 is 1.30 bits per heavy atom. The van der Waals surface area contributed by atoms with Crippen LogP contribution in [0.5, 0.6) is 0 Å². The second kappa shape index (κ2) is 5.72. The first kappa shape index (κ1) is 15.3. The number of hydrogen-bond acceptors (Lipinski definition) is 3. The Hall–Kier alpha value is -1.09. The van der Waals surface area contributed by atoms with Crippen LogP contribution in [0.4, 0.5) is 5.82 Å². The van der Waals surface area contributed by atoms with Gasteiger partial charge in [0.15, 0.2) is 0 Å². The normalized spacial score (nSPS) is 16.7. The maximum Gasteiger partial charge on any atom is 0.133 e. The van der Waals surface area contributed by atoms with Crippen molar-refractivity contribution >= 4 is 5.82 Å². The predicted octanol–water partition coefficient (Wildman–Crippen LogP) is 3.29. The van der Waals surface area contributed by atoms with E-state index in [1.807, 2.05) is 0 Å². The van der Waals surface area contributed by atoms with E-state index in [9.17, 15) is 0 Å². The van der Waals surface area contributed by atoms with Gasteiger partial charge >= 0.3 is 0 Å². The summed E-state index contributed by atoms with van der Waals surface area (Å²) in [5, 5.41) is 0. The van der Waals surface area contributed by atoms with Gasteiger partial charge in [-0.1, -0.05) is 20.8 Å². The van der Waals surface area contributed by atoms with Crippen molar-refractivity contribution in [2.75, 3.05) is 11.9 Å². The molecule has 1 aromatic rings. The molecule has 20 heavy (non-hydrogen) atoms. The molecule has 0 aliphatic heterocycles. The van der Waals surface area contributed by atoms with Crippen LogP contribution in [0.3, 0.4) is 0 Å². The number of aromatic nitrogens is 1. The molecule has 0 saturated carbocycles. The molecule has 1 aromatic heterocycles. The standard InChI is InChI=1S/C17H29N3/c1-12(17(2,3)4)20(5)16-14(11-18)10-13-8-6-7-9-15(13)19-16/h10,12H,6-9,11,18H2,1-5H3. The van der Waals surface area contributed by atoms with Gasteiger partial charge in [-0.15, -0.1) is 0 Å². The molecule has 1 aliphatic carbocycles. The number of anilines is 1. The zero-order valence-corrected chi connectivity index (χ0v) is 13.7. The third-order valence-electron chi connectivity index (χ3n) is 4.75. The topological polar surface area (TPSA) is 42.2 Å². The summed E-state index contributed by atoms with van der Waals surface area (Å²) >= 11 is 0. The Bertz CT molecular complexity index is 474. The number of pyridine rings is 1. The van der Waals surface area contributed by atoms with Crippen molar-refractivity contribution < 1.29 is 0 Å². The van der Waals surface area contributed by atoms with Crippen molar-refractivity contribution in [3.05, 3.63) is 22.9 Å². The van der Waals surface area contributed by atoms with Gasteiger partial charge in [0.1, 0.15) is 5.82 Å². The molecule has 3 nitrogen and oxygen atoms in total. The first-order valence-electron chi connectivity index (χ1n) is 7.79. The van der Waals surface area contributed by atoms with Crippen LogP contribution in [0.1, 0.15) is 57.4 Å². The molecule has 0 bridgehead atoms. The number of nitrogens with zero attached hydrogens (tertiary/aromatic N) is 2. The van der Waals surface area contributed by atoms with E-state index in [0.717, 1.165) is 18.7 Å². The Kier molecular flexibility index (Phi) is 4.38. The number of aryl methyl sites for hydroxylation is 2. The average molecular weight is 275 g/mol. The minimum atomic E-state index is 0.220. The van der Waals surface area contributed by atoms with E-state index in [4.69, 9.17) is 10.7 Å². The molecule has 1 aliphatic rings. The van der Waals surface area contributed by atoms with E-state index in [1.165, 1.54) is 29.7 Å². The van der Waals surface area contributed by atoms with Crippen molar-refractivity contribution in [3.8, 4) is 0 Å². The van der Waals surface area contributed by atoms with Gasteiger partial charge in [0.05, 0.1) is 0 Å². The van der Waals surface area contributed by atoms with Gasteiger partial charge in [-0.2, -0.15) is 0 Å². The zero-order chi connectivity index (χ0) is 14.9. The number of fused-ring (bicyclic) bond motifs is 1. The molecule has 0 fully saturated rings. The molecule has 0 saturated heterocycles. The molecule has 1 unspecified atom stereocenters. The van der Waals surface area contributed by atoms with Crippen LogP contribution >= 0.6 is 0 Å². The molecule has 3 heteroatoms. The van der Waals surface area contributed by atoms with Crippen LogP contribution in [0.15, 0.2) is 6.07 Å². The van der Waals surface area contributed by atoms with E-state index in [0.29, 0.717) is 12.6 Å². The fourth-order valence-electron chi connectivity index (χ4n) is 2.89. The number of rotatable bonds is 3. The molecule has 0 spiro atoms. The lowest BCUT2D eigenvalue weighted by Crippen LogP contribution is -2.40. The lowest BCUT2D eigenvalue weighted by atomic mass is 9.87. The van der Waals surface area contributed by atoms with Gasteiger partial charge in [0.2, 0.25) is 0 Å². The van der Waals surface area contributed by atoms with Crippen molar-refractivity contribution in [1.82, 2.24) is 4.98 Å². The van der Waals surface area contributed by atoms with Gasteiger partial charge < -0.3 is 10.6 Å². The number of hydrogen-bond donors (Lipinski definition) is 1. The van der Waals surface area contributed by atoms with E-state index in [1.54, 1.807) is 0 Å². The summed E-state index contributed by atoms with van der Waals surface area (Å²) in [5.41, 5.74) is 10.1. The maximum atomic E-state index is 5.96. The monoisotopic (exact) mass is 275 g/mol. The summed E-state index contributed by atoms with van der Waals surface area (Å²) in [5.74, 6) is 1.08. The first-order valence-corrected chi connectivity index (χ1v) is 7.79. The SMILES string of the molecule is CC(N(C)c1nc2c(cc1CN)CCCC2)C(C)(C)C. The second-order valence-corrected chi connectivity index (χ2v) is 7.14. The fourth-order valence-corrected chi connectivity index (χ4v) is 2.89. The Balaban J connectivity index is 2.39. The quantitative estimate of drug-likeness (QED) is 0.920. The van der Waals surface area contributed by atoms with Gasteiger partial charge in [0.25, 0.3) is 0 Å². The minimum absolute atomic E-state index is 0.220. The summed E-state index contributed by atoms with van der Waals surface area (Å²) in [6.07, 6.45) is 4.82.